The normalized spacial score (nSPS) is 11.7. The minimum absolute atomic E-state index is 0.118. The summed E-state index contributed by atoms with van der Waals surface area (Å²) in [6.07, 6.45) is 2.83. The third-order valence-electron chi connectivity index (χ3n) is 4.10. The summed E-state index contributed by atoms with van der Waals surface area (Å²) in [4.78, 5) is 21.4. The van der Waals surface area contributed by atoms with Crippen molar-refractivity contribution >= 4 is 39.0 Å². The molecule has 0 unspecified atom stereocenters. The Morgan fingerprint density at radius 1 is 1.25 bits per heavy atom. The highest BCUT2D eigenvalue weighted by Gasteiger charge is 2.25. The summed E-state index contributed by atoms with van der Waals surface area (Å²) in [7, 11) is -4.11. The number of carbonyl (C=O) groups is 1. The van der Waals surface area contributed by atoms with Crippen LogP contribution in [0.3, 0.4) is 0 Å². The number of nitrogens with zero attached hydrogens (tertiary/aromatic N) is 4. The molecule has 1 N–H and O–H groups in total. The molecular weight excluding hydrogens is 398 g/mol. The summed E-state index contributed by atoms with van der Waals surface area (Å²) in [5.74, 6) is 0.0884. The number of anilines is 1. The molecule has 148 valence electrons. The molecule has 3 rings (SSSR count). The predicted octanol–water partition coefficient (Wildman–Crippen LogP) is 3.25. The summed E-state index contributed by atoms with van der Waals surface area (Å²) >= 11 is 1.35. The topological polar surface area (TPSA) is 106 Å². The Labute approximate surface area is 167 Å². The second-order valence-corrected chi connectivity index (χ2v) is 8.73. The lowest BCUT2D eigenvalue weighted by Crippen LogP contribution is -2.18. The first-order chi connectivity index (χ1) is 13.3. The number of nitrogens with one attached hydrogen (secondary N) is 1. The van der Waals surface area contributed by atoms with Crippen LogP contribution in [-0.2, 0) is 10.0 Å². The number of hydrogen-bond acceptors (Lipinski definition) is 7. The van der Waals surface area contributed by atoms with Gasteiger partial charge in [-0.1, -0.05) is 13.0 Å². The Balaban J connectivity index is 2.08. The molecule has 0 aliphatic rings. The van der Waals surface area contributed by atoms with Gasteiger partial charge in [-0.3, -0.25) is 9.52 Å². The van der Waals surface area contributed by atoms with E-state index in [4.69, 9.17) is 0 Å². The van der Waals surface area contributed by atoms with Gasteiger partial charge in [0.25, 0.3) is 21.0 Å². The van der Waals surface area contributed by atoms with Crippen LogP contribution in [0.25, 0.3) is 5.78 Å². The molecule has 0 radical (unpaired) electrons. The number of hydrogen-bond donors (Lipinski definition) is 1. The summed E-state index contributed by atoms with van der Waals surface area (Å²) in [6, 6.07) is 6.92. The lowest BCUT2D eigenvalue weighted by atomic mass is 10.1. The summed E-state index contributed by atoms with van der Waals surface area (Å²) in [5.41, 5.74) is 2.04. The number of para-hydroxylation sites is 1. The van der Waals surface area contributed by atoms with Gasteiger partial charge >= 0.3 is 0 Å². The molecule has 10 heteroatoms. The van der Waals surface area contributed by atoms with Gasteiger partial charge in [-0.25, -0.2) is 9.50 Å². The van der Waals surface area contributed by atoms with Crippen molar-refractivity contribution in [3.8, 4) is 0 Å². The highest BCUT2D eigenvalue weighted by molar-refractivity contribution is 7.99. The number of rotatable bonds is 7. The van der Waals surface area contributed by atoms with Crippen LogP contribution >= 0.6 is 11.8 Å². The number of ketones is 1. The second-order valence-electron chi connectivity index (χ2n) is 6.31. The number of aryl methyl sites for hydroxylation is 2. The molecule has 2 heterocycles. The van der Waals surface area contributed by atoms with Crippen molar-refractivity contribution < 1.29 is 13.2 Å². The van der Waals surface area contributed by atoms with Crippen molar-refractivity contribution in [1.82, 2.24) is 19.6 Å². The van der Waals surface area contributed by atoms with Gasteiger partial charge in [0.1, 0.15) is 0 Å². The molecule has 28 heavy (non-hydrogen) atoms. The zero-order valence-electron chi connectivity index (χ0n) is 16.1. The molecule has 0 bridgehead atoms. The Hall–Kier alpha value is -2.46. The number of thioether (sulfide) groups is 1. The predicted molar refractivity (Wildman–Crippen MR) is 109 cm³/mol. The van der Waals surface area contributed by atoms with Crippen molar-refractivity contribution in [3.63, 3.8) is 0 Å². The lowest BCUT2D eigenvalue weighted by molar-refractivity contribution is 0.0982. The standard InChI is InChI=1S/C18H21N5O3S2/c1-5-7-14(24)13-8-6-9-15(27-4)16(13)22-28(25,26)18-20-17-19-11(2)10-12(3)23(17)21-18/h6,8-10,22H,5,7H2,1-4H3. The summed E-state index contributed by atoms with van der Waals surface area (Å²) < 4.78 is 29.8. The quantitative estimate of drug-likeness (QED) is 0.463. The second kappa shape index (κ2) is 7.88. The van der Waals surface area contributed by atoms with E-state index >= 15 is 0 Å². The van der Waals surface area contributed by atoms with Gasteiger partial charge in [-0.2, -0.15) is 13.4 Å². The van der Waals surface area contributed by atoms with E-state index in [9.17, 15) is 13.2 Å². The number of benzene rings is 1. The lowest BCUT2D eigenvalue weighted by Gasteiger charge is -2.14. The summed E-state index contributed by atoms with van der Waals surface area (Å²) in [6.45, 7) is 5.50. The van der Waals surface area contributed by atoms with Crippen LogP contribution in [0.15, 0.2) is 34.3 Å². The Morgan fingerprint density at radius 2 is 2.00 bits per heavy atom. The zero-order chi connectivity index (χ0) is 20.5. The van der Waals surface area contributed by atoms with Crippen molar-refractivity contribution in [1.29, 1.82) is 0 Å². The van der Waals surface area contributed by atoms with Gasteiger partial charge in [0.05, 0.1) is 5.69 Å². The van der Waals surface area contributed by atoms with Crippen LogP contribution in [0, 0.1) is 13.8 Å². The summed E-state index contributed by atoms with van der Waals surface area (Å²) in [5, 5.41) is 3.70. The number of Topliss-reactive ketones (excluding diaryl/α,β-unsaturated/α-hetero) is 1. The maximum Gasteiger partial charge on any atom is 0.299 e. The largest absolute Gasteiger partial charge is 0.299 e. The van der Waals surface area contributed by atoms with E-state index in [1.54, 1.807) is 38.1 Å². The first-order valence-electron chi connectivity index (χ1n) is 8.71. The van der Waals surface area contributed by atoms with Crippen LogP contribution in [0.2, 0.25) is 0 Å². The van der Waals surface area contributed by atoms with Gasteiger partial charge in [0, 0.05) is 28.3 Å². The monoisotopic (exact) mass is 419 g/mol. The van der Waals surface area contributed by atoms with E-state index in [0.717, 1.165) is 11.4 Å². The first kappa shape index (κ1) is 20.3. The van der Waals surface area contributed by atoms with E-state index in [0.29, 0.717) is 23.3 Å². The molecule has 2 aromatic heterocycles. The molecule has 3 aromatic rings. The van der Waals surface area contributed by atoms with Gasteiger partial charge in [-0.15, -0.1) is 16.9 Å². The molecule has 1 aromatic carbocycles. The average molecular weight is 420 g/mol. The Kier molecular flexibility index (Phi) is 5.71. The van der Waals surface area contributed by atoms with Crippen LogP contribution in [0.1, 0.15) is 41.5 Å². The average Bonchev–Trinajstić information content (AvgIpc) is 3.07. The maximum atomic E-state index is 13.0. The highest BCUT2D eigenvalue weighted by atomic mass is 32.2. The van der Waals surface area contributed by atoms with Crippen molar-refractivity contribution in [2.24, 2.45) is 0 Å². The van der Waals surface area contributed by atoms with Gasteiger partial charge in [0.2, 0.25) is 0 Å². The van der Waals surface area contributed by atoms with Crippen molar-refractivity contribution in [2.45, 2.75) is 43.7 Å². The van der Waals surface area contributed by atoms with E-state index in [-0.39, 0.29) is 17.2 Å². The van der Waals surface area contributed by atoms with E-state index < -0.39 is 15.2 Å². The number of aromatic nitrogens is 4. The zero-order valence-corrected chi connectivity index (χ0v) is 17.7. The van der Waals surface area contributed by atoms with Crippen LogP contribution in [0.4, 0.5) is 5.69 Å². The molecule has 0 fully saturated rings. The van der Waals surface area contributed by atoms with Crippen LogP contribution in [-0.4, -0.2) is 40.0 Å². The van der Waals surface area contributed by atoms with Gasteiger partial charge in [-0.05, 0) is 44.7 Å². The minimum atomic E-state index is -4.11. The third kappa shape index (κ3) is 3.88. The molecule has 0 saturated carbocycles. The van der Waals surface area contributed by atoms with Gasteiger partial charge < -0.3 is 0 Å². The number of sulfonamides is 1. The Bertz CT molecular complexity index is 1160. The van der Waals surface area contributed by atoms with Crippen LogP contribution in [0.5, 0.6) is 0 Å². The molecule has 0 saturated heterocycles. The Morgan fingerprint density at radius 3 is 2.68 bits per heavy atom. The fourth-order valence-electron chi connectivity index (χ4n) is 2.84. The molecule has 8 nitrogen and oxygen atoms in total. The smallest absolute Gasteiger partial charge is 0.294 e. The number of carbonyl (C=O) groups excluding carboxylic acids is 1. The van der Waals surface area contributed by atoms with Crippen LogP contribution < -0.4 is 4.72 Å². The fourth-order valence-corrected chi connectivity index (χ4v) is 4.46. The fraction of sp³-hybridized carbons (Fsp3) is 0.333. The van der Waals surface area contributed by atoms with Gasteiger partial charge in [0.15, 0.2) is 5.78 Å². The molecule has 0 amide bonds. The molecule has 0 aliphatic heterocycles. The van der Waals surface area contributed by atoms with E-state index in [1.165, 1.54) is 16.3 Å². The van der Waals surface area contributed by atoms with Crippen molar-refractivity contribution in [2.75, 3.05) is 11.0 Å². The van der Waals surface area contributed by atoms with E-state index in [2.05, 4.69) is 19.8 Å². The number of fused-ring (bicyclic) bond motifs is 1. The molecule has 0 atom stereocenters. The minimum Gasteiger partial charge on any atom is -0.294 e. The molecular formula is C18H21N5O3S2. The molecule has 0 spiro atoms. The maximum absolute atomic E-state index is 13.0. The third-order valence-corrected chi connectivity index (χ3v) is 6.01. The van der Waals surface area contributed by atoms with Crippen molar-refractivity contribution in [3.05, 3.63) is 41.2 Å². The SMILES string of the molecule is CCCC(=O)c1cccc(SC)c1NS(=O)(=O)c1nc2nc(C)cc(C)n2n1. The molecule has 0 aliphatic carbocycles. The van der Waals surface area contributed by atoms with E-state index in [1.807, 2.05) is 13.2 Å². The first-order valence-corrected chi connectivity index (χ1v) is 11.4. The highest BCUT2D eigenvalue weighted by Crippen LogP contribution is 2.31.